The van der Waals surface area contributed by atoms with Gasteiger partial charge < -0.3 is 0 Å². The van der Waals surface area contributed by atoms with E-state index >= 15 is 0 Å². The number of thiophene rings is 1. The fourth-order valence-electron chi connectivity index (χ4n) is 2.97. The molecule has 0 saturated heterocycles. The van der Waals surface area contributed by atoms with Crippen molar-refractivity contribution in [2.24, 2.45) is 0 Å². The third-order valence-electron chi connectivity index (χ3n) is 4.54. The van der Waals surface area contributed by atoms with Crippen LogP contribution in [0.25, 0.3) is 22.3 Å². The van der Waals surface area contributed by atoms with Gasteiger partial charge in [-0.05, 0) is 48.7 Å². The second-order valence-electron chi connectivity index (χ2n) is 6.63. The summed E-state index contributed by atoms with van der Waals surface area (Å²) in [6, 6.07) is 21.7. The number of allylic oxidation sites excluding steroid dienone is 1. The molecule has 30 heavy (non-hydrogen) atoms. The number of rotatable bonds is 5. The molecule has 0 atom stereocenters. The lowest BCUT2D eigenvalue weighted by Crippen LogP contribution is -2.03. The van der Waals surface area contributed by atoms with Crippen LogP contribution in [0.5, 0.6) is 0 Å². The average Bonchev–Trinajstić information content (AvgIpc) is 3.42. The molecule has 148 valence electrons. The Morgan fingerprint density at radius 3 is 2.43 bits per heavy atom. The van der Waals surface area contributed by atoms with Gasteiger partial charge >= 0.3 is 0 Å². The minimum Gasteiger partial charge on any atom is -0.240 e. The smallest absolute Gasteiger partial charge is 0.216 e. The van der Waals surface area contributed by atoms with Crippen molar-refractivity contribution in [1.29, 1.82) is 5.26 Å². The van der Waals surface area contributed by atoms with Gasteiger partial charge in [0.2, 0.25) is 9.84 Å². The van der Waals surface area contributed by atoms with Gasteiger partial charge in [0.15, 0.2) is 0 Å². The molecule has 0 aliphatic heterocycles. The highest BCUT2D eigenvalue weighted by Gasteiger charge is 2.22. The number of para-hydroxylation sites is 1. The summed E-state index contributed by atoms with van der Waals surface area (Å²) in [6.07, 6.45) is 3.14. The molecule has 0 radical (unpaired) electrons. The molecule has 0 spiro atoms. The molecule has 0 fully saturated rings. The van der Waals surface area contributed by atoms with E-state index in [-0.39, 0.29) is 9.80 Å². The van der Waals surface area contributed by atoms with Gasteiger partial charge in [-0.15, -0.1) is 11.3 Å². The van der Waals surface area contributed by atoms with Crippen LogP contribution in [0.3, 0.4) is 0 Å². The van der Waals surface area contributed by atoms with Crippen molar-refractivity contribution in [3.63, 3.8) is 0 Å². The van der Waals surface area contributed by atoms with Gasteiger partial charge in [0, 0.05) is 11.8 Å². The molecule has 2 aromatic heterocycles. The van der Waals surface area contributed by atoms with Crippen LogP contribution in [0.4, 0.5) is 0 Å². The first-order chi connectivity index (χ1) is 14.5. The highest BCUT2D eigenvalue weighted by molar-refractivity contribution is 7.95. The maximum Gasteiger partial charge on any atom is 0.216 e. The summed E-state index contributed by atoms with van der Waals surface area (Å²) in [6.45, 7) is 1.88. The predicted molar refractivity (Wildman–Crippen MR) is 119 cm³/mol. The molecular weight excluding hydrogens is 414 g/mol. The molecular formula is C23H17N3O2S2. The van der Waals surface area contributed by atoms with E-state index in [4.69, 9.17) is 0 Å². The summed E-state index contributed by atoms with van der Waals surface area (Å²) in [7, 11) is -3.94. The van der Waals surface area contributed by atoms with Crippen molar-refractivity contribution in [3.05, 3.63) is 94.3 Å². The van der Waals surface area contributed by atoms with Crippen LogP contribution in [0.15, 0.2) is 88.1 Å². The Kier molecular flexibility index (Phi) is 5.36. The van der Waals surface area contributed by atoms with Crippen molar-refractivity contribution in [2.45, 2.75) is 11.8 Å². The van der Waals surface area contributed by atoms with Crippen molar-refractivity contribution in [3.8, 4) is 22.3 Å². The van der Waals surface area contributed by atoms with Crippen molar-refractivity contribution < 1.29 is 8.42 Å². The van der Waals surface area contributed by atoms with Gasteiger partial charge in [-0.2, -0.15) is 10.4 Å². The Morgan fingerprint density at radius 2 is 1.80 bits per heavy atom. The Balaban J connectivity index is 1.86. The van der Waals surface area contributed by atoms with E-state index < -0.39 is 9.84 Å². The zero-order chi connectivity index (χ0) is 21.1. The molecule has 0 N–H and O–H groups in total. The van der Waals surface area contributed by atoms with E-state index in [1.165, 1.54) is 29.5 Å². The van der Waals surface area contributed by atoms with E-state index in [1.54, 1.807) is 23.0 Å². The van der Waals surface area contributed by atoms with Crippen LogP contribution < -0.4 is 0 Å². The first kappa shape index (κ1) is 19.8. The number of benzene rings is 2. The highest BCUT2D eigenvalue weighted by Crippen LogP contribution is 2.31. The number of aromatic nitrogens is 2. The predicted octanol–water partition coefficient (Wildman–Crippen LogP) is 5.25. The zero-order valence-electron chi connectivity index (χ0n) is 16.1. The van der Waals surface area contributed by atoms with Crippen LogP contribution in [-0.4, -0.2) is 18.2 Å². The molecule has 4 aromatic rings. The lowest BCUT2D eigenvalue weighted by Gasteiger charge is -2.03. The molecule has 0 aliphatic rings. The first-order valence-corrected chi connectivity index (χ1v) is 11.5. The van der Waals surface area contributed by atoms with E-state index in [1.807, 2.05) is 60.8 Å². The van der Waals surface area contributed by atoms with Crippen LogP contribution in [0, 0.1) is 18.3 Å². The quantitative estimate of drug-likeness (QED) is 0.405. The molecule has 0 aliphatic carbocycles. The maximum atomic E-state index is 13.0. The SMILES string of the molecule is Cc1ccc(S(=O)(=O)C(C#N)=Cc2cn(-c3ccccc3)nc2-c2cccs2)cc1. The Bertz CT molecular complexity index is 1340. The molecule has 0 bridgehead atoms. The first-order valence-electron chi connectivity index (χ1n) is 9.11. The normalized spacial score (nSPS) is 11.9. The van der Waals surface area contributed by atoms with Crippen molar-refractivity contribution in [1.82, 2.24) is 9.78 Å². The number of sulfone groups is 1. The molecule has 4 rings (SSSR count). The molecule has 0 unspecified atom stereocenters. The average molecular weight is 432 g/mol. The number of aryl methyl sites for hydroxylation is 1. The van der Waals surface area contributed by atoms with Crippen LogP contribution >= 0.6 is 11.3 Å². The summed E-state index contributed by atoms with van der Waals surface area (Å²) in [5, 5.41) is 16.2. The van der Waals surface area contributed by atoms with Crippen molar-refractivity contribution in [2.75, 3.05) is 0 Å². The third-order valence-corrected chi connectivity index (χ3v) is 7.09. The summed E-state index contributed by atoms with van der Waals surface area (Å²) in [5.74, 6) is 0. The summed E-state index contributed by atoms with van der Waals surface area (Å²) < 4.78 is 27.8. The lowest BCUT2D eigenvalue weighted by atomic mass is 10.2. The van der Waals surface area contributed by atoms with E-state index in [9.17, 15) is 13.7 Å². The zero-order valence-corrected chi connectivity index (χ0v) is 17.7. The number of nitrogens with zero attached hydrogens (tertiary/aromatic N) is 3. The highest BCUT2D eigenvalue weighted by atomic mass is 32.2. The minimum atomic E-state index is -3.94. The topological polar surface area (TPSA) is 75.8 Å². The largest absolute Gasteiger partial charge is 0.240 e. The molecule has 7 heteroatoms. The molecule has 2 aromatic carbocycles. The van der Waals surface area contributed by atoms with E-state index in [0.717, 1.165) is 16.1 Å². The third kappa shape index (κ3) is 3.83. The summed E-state index contributed by atoms with van der Waals surface area (Å²) in [5.41, 5.74) is 2.98. The van der Waals surface area contributed by atoms with Gasteiger partial charge in [0.05, 0.1) is 15.5 Å². The van der Waals surface area contributed by atoms with Crippen LogP contribution in [0.2, 0.25) is 0 Å². The van der Waals surface area contributed by atoms with E-state index in [0.29, 0.717) is 11.3 Å². The Labute approximate surface area is 179 Å². The minimum absolute atomic E-state index is 0.0917. The molecule has 2 heterocycles. The Morgan fingerprint density at radius 1 is 1.07 bits per heavy atom. The van der Waals surface area contributed by atoms with Gasteiger partial charge in [-0.1, -0.05) is 42.0 Å². The summed E-state index contributed by atoms with van der Waals surface area (Å²) >= 11 is 1.50. The fraction of sp³-hybridized carbons (Fsp3) is 0.0435. The second kappa shape index (κ2) is 8.11. The molecule has 5 nitrogen and oxygen atoms in total. The second-order valence-corrected chi connectivity index (χ2v) is 9.49. The Hall–Kier alpha value is -3.47. The standard InChI is InChI=1S/C23H17N3O2S2/c1-17-9-11-20(12-10-17)30(27,28)21(15-24)14-18-16-26(19-6-3-2-4-7-19)25-23(18)22-8-5-13-29-22/h2-14,16H,1H3. The lowest BCUT2D eigenvalue weighted by molar-refractivity contribution is 0.603. The van der Waals surface area contributed by atoms with Gasteiger partial charge in [0.1, 0.15) is 16.7 Å². The monoisotopic (exact) mass is 431 g/mol. The maximum absolute atomic E-state index is 13.0. The fourth-order valence-corrected chi connectivity index (χ4v) is 4.85. The number of hydrogen-bond acceptors (Lipinski definition) is 5. The summed E-state index contributed by atoms with van der Waals surface area (Å²) in [4.78, 5) is 0.659. The van der Waals surface area contributed by atoms with E-state index in [2.05, 4.69) is 5.10 Å². The van der Waals surface area contributed by atoms with Crippen LogP contribution in [0.1, 0.15) is 11.1 Å². The number of hydrogen-bond donors (Lipinski definition) is 0. The molecule has 0 saturated carbocycles. The van der Waals surface area contributed by atoms with Crippen LogP contribution in [-0.2, 0) is 9.84 Å². The van der Waals surface area contributed by atoms with Gasteiger partial charge in [0.25, 0.3) is 0 Å². The van der Waals surface area contributed by atoms with Crippen molar-refractivity contribution >= 4 is 27.3 Å². The molecule has 0 amide bonds. The van der Waals surface area contributed by atoms with Gasteiger partial charge in [-0.25, -0.2) is 13.1 Å². The van der Waals surface area contributed by atoms with Gasteiger partial charge in [-0.3, -0.25) is 0 Å². The number of nitriles is 1.